The Kier molecular flexibility index (Phi) is 5.92. The second-order valence-electron chi connectivity index (χ2n) is 5.46. The van der Waals surface area contributed by atoms with Gasteiger partial charge in [0.25, 0.3) is 0 Å². The number of nitrogens with zero attached hydrogens (tertiary/aromatic N) is 2. The Balaban J connectivity index is 1.81. The van der Waals surface area contributed by atoms with Crippen molar-refractivity contribution >= 4 is 23.4 Å². The highest BCUT2D eigenvalue weighted by Gasteiger charge is 2.21. The molecule has 0 N–H and O–H groups in total. The second kappa shape index (κ2) is 7.70. The van der Waals surface area contributed by atoms with Crippen molar-refractivity contribution in [3.63, 3.8) is 0 Å². The van der Waals surface area contributed by atoms with Crippen LogP contribution in [0.5, 0.6) is 0 Å². The van der Waals surface area contributed by atoms with E-state index >= 15 is 0 Å². The van der Waals surface area contributed by atoms with Gasteiger partial charge in [-0.05, 0) is 56.0 Å². The molecular weight excluding hydrogens is 268 g/mol. The van der Waals surface area contributed by atoms with Gasteiger partial charge in [-0.3, -0.25) is 9.69 Å². The fraction of sp³-hybridized carbons (Fsp3) is 0.562. The fourth-order valence-electron chi connectivity index (χ4n) is 2.64. The van der Waals surface area contributed by atoms with Crippen molar-refractivity contribution in [2.75, 3.05) is 43.6 Å². The lowest BCUT2D eigenvalue weighted by Crippen LogP contribution is -2.42. The number of thioether (sulfide) groups is 1. The molecule has 0 aromatic heterocycles. The number of hydrogen-bond donors (Lipinski definition) is 0. The van der Waals surface area contributed by atoms with Crippen molar-refractivity contribution in [2.24, 2.45) is 5.92 Å². The van der Waals surface area contributed by atoms with Crippen LogP contribution < -0.4 is 4.90 Å². The molecule has 0 spiro atoms. The molecule has 0 atom stereocenters. The van der Waals surface area contributed by atoms with E-state index in [0.717, 1.165) is 24.7 Å². The summed E-state index contributed by atoms with van der Waals surface area (Å²) in [6.45, 7) is 2.65. The number of hydrogen-bond acceptors (Lipinski definition) is 3. The number of rotatable bonds is 5. The smallest absolute Gasteiger partial charge is 0.240 e. The lowest BCUT2D eigenvalue weighted by Gasteiger charge is -2.32. The molecule has 1 amide bonds. The van der Waals surface area contributed by atoms with Crippen LogP contribution in [-0.4, -0.2) is 49.5 Å². The summed E-state index contributed by atoms with van der Waals surface area (Å²) in [4.78, 5) is 16.3. The van der Waals surface area contributed by atoms with E-state index in [0.29, 0.717) is 6.54 Å². The van der Waals surface area contributed by atoms with Crippen LogP contribution >= 0.6 is 11.8 Å². The summed E-state index contributed by atoms with van der Waals surface area (Å²) in [7, 11) is 1.86. The molecule has 2 rings (SSSR count). The third kappa shape index (κ3) is 4.25. The van der Waals surface area contributed by atoms with E-state index in [1.807, 2.05) is 49.1 Å². The monoisotopic (exact) mass is 292 g/mol. The van der Waals surface area contributed by atoms with Crippen molar-refractivity contribution in [2.45, 2.75) is 12.8 Å². The van der Waals surface area contributed by atoms with E-state index in [1.54, 1.807) is 4.90 Å². The van der Waals surface area contributed by atoms with Crippen LogP contribution in [0.3, 0.4) is 0 Å². The van der Waals surface area contributed by atoms with Gasteiger partial charge in [-0.1, -0.05) is 18.2 Å². The highest BCUT2D eigenvalue weighted by Crippen LogP contribution is 2.20. The van der Waals surface area contributed by atoms with Crippen LogP contribution in [0.2, 0.25) is 0 Å². The first-order valence-corrected chi connectivity index (χ1v) is 8.63. The Bertz CT molecular complexity index is 416. The summed E-state index contributed by atoms with van der Waals surface area (Å²) in [6.07, 6.45) is 4.62. The quantitative estimate of drug-likeness (QED) is 0.834. The van der Waals surface area contributed by atoms with E-state index < -0.39 is 0 Å². The maximum Gasteiger partial charge on any atom is 0.240 e. The minimum absolute atomic E-state index is 0.180. The number of carbonyl (C=O) groups is 1. The van der Waals surface area contributed by atoms with E-state index in [-0.39, 0.29) is 5.91 Å². The standard InChI is InChI=1S/C16H24N2OS/c1-17(15-6-4-3-5-7-15)16(19)12-18-10-8-14(9-11-18)13-20-2/h3-7,14H,8-13H2,1-2H3. The summed E-state index contributed by atoms with van der Waals surface area (Å²) in [5, 5.41) is 0. The van der Waals surface area contributed by atoms with E-state index in [2.05, 4.69) is 11.2 Å². The zero-order valence-corrected chi connectivity index (χ0v) is 13.2. The molecule has 0 saturated carbocycles. The Morgan fingerprint density at radius 3 is 2.55 bits per heavy atom. The molecule has 0 bridgehead atoms. The molecule has 1 aromatic rings. The van der Waals surface area contributed by atoms with Crippen LogP contribution in [0.25, 0.3) is 0 Å². The van der Waals surface area contributed by atoms with E-state index in [4.69, 9.17) is 0 Å². The summed E-state index contributed by atoms with van der Waals surface area (Å²) in [5.41, 5.74) is 0.967. The SMILES string of the molecule is CSCC1CCN(CC(=O)N(C)c2ccccc2)CC1. The molecular formula is C16H24N2OS. The van der Waals surface area contributed by atoms with Gasteiger partial charge in [0.1, 0.15) is 0 Å². The Morgan fingerprint density at radius 2 is 1.95 bits per heavy atom. The first kappa shape index (κ1) is 15.4. The van der Waals surface area contributed by atoms with Gasteiger partial charge in [0.2, 0.25) is 5.91 Å². The van der Waals surface area contributed by atoms with Gasteiger partial charge in [0, 0.05) is 12.7 Å². The lowest BCUT2D eigenvalue weighted by atomic mass is 9.99. The Morgan fingerprint density at radius 1 is 1.30 bits per heavy atom. The van der Waals surface area contributed by atoms with Crippen LogP contribution in [-0.2, 0) is 4.79 Å². The van der Waals surface area contributed by atoms with Gasteiger partial charge in [-0.25, -0.2) is 0 Å². The lowest BCUT2D eigenvalue weighted by molar-refractivity contribution is -0.119. The normalized spacial score (nSPS) is 17.1. The minimum Gasteiger partial charge on any atom is -0.314 e. The third-order valence-electron chi connectivity index (χ3n) is 3.99. The Hall–Kier alpha value is -1.00. The van der Waals surface area contributed by atoms with Crippen molar-refractivity contribution < 1.29 is 4.79 Å². The number of likely N-dealkylation sites (N-methyl/N-ethyl adjacent to an activating group) is 1. The predicted octanol–water partition coefficient (Wildman–Crippen LogP) is 2.72. The molecule has 1 aliphatic rings. The number of likely N-dealkylation sites (tertiary alicyclic amines) is 1. The third-order valence-corrected chi connectivity index (χ3v) is 4.79. The summed E-state index contributed by atoms with van der Waals surface area (Å²) >= 11 is 1.93. The highest BCUT2D eigenvalue weighted by molar-refractivity contribution is 7.98. The largest absolute Gasteiger partial charge is 0.314 e. The number of benzene rings is 1. The molecule has 1 aromatic carbocycles. The van der Waals surface area contributed by atoms with Gasteiger partial charge in [-0.2, -0.15) is 11.8 Å². The molecule has 0 unspecified atom stereocenters. The molecule has 0 radical (unpaired) electrons. The number of para-hydroxylation sites is 1. The molecule has 1 aliphatic heterocycles. The van der Waals surface area contributed by atoms with Gasteiger partial charge in [-0.15, -0.1) is 0 Å². The predicted molar refractivity (Wildman–Crippen MR) is 87.4 cm³/mol. The molecule has 1 heterocycles. The van der Waals surface area contributed by atoms with Crippen LogP contribution in [0.15, 0.2) is 30.3 Å². The van der Waals surface area contributed by atoms with Crippen LogP contribution in [0.4, 0.5) is 5.69 Å². The van der Waals surface area contributed by atoms with Crippen molar-refractivity contribution in [1.29, 1.82) is 0 Å². The van der Waals surface area contributed by atoms with Crippen molar-refractivity contribution in [3.05, 3.63) is 30.3 Å². The summed E-state index contributed by atoms with van der Waals surface area (Å²) < 4.78 is 0. The van der Waals surface area contributed by atoms with Crippen LogP contribution in [0.1, 0.15) is 12.8 Å². The first-order valence-electron chi connectivity index (χ1n) is 7.23. The number of anilines is 1. The van der Waals surface area contributed by atoms with E-state index in [9.17, 15) is 4.79 Å². The van der Waals surface area contributed by atoms with Gasteiger partial charge in [0.15, 0.2) is 0 Å². The number of amides is 1. The van der Waals surface area contributed by atoms with E-state index in [1.165, 1.54) is 18.6 Å². The second-order valence-corrected chi connectivity index (χ2v) is 6.37. The first-order chi connectivity index (χ1) is 9.70. The molecule has 4 heteroatoms. The zero-order chi connectivity index (χ0) is 14.4. The van der Waals surface area contributed by atoms with Crippen molar-refractivity contribution in [3.8, 4) is 0 Å². The Labute approximate surface area is 126 Å². The maximum absolute atomic E-state index is 12.3. The molecule has 1 saturated heterocycles. The fourth-order valence-corrected chi connectivity index (χ4v) is 3.44. The molecule has 1 fully saturated rings. The summed E-state index contributed by atoms with van der Waals surface area (Å²) in [6, 6.07) is 9.85. The number of carbonyl (C=O) groups excluding carboxylic acids is 1. The topological polar surface area (TPSA) is 23.6 Å². The average Bonchev–Trinajstić information content (AvgIpc) is 2.49. The molecule has 0 aliphatic carbocycles. The van der Waals surface area contributed by atoms with Gasteiger partial charge >= 0.3 is 0 Å². The molecule has 110 valence electrons. The van der Waals surface area contributed by atoms with Gasteiger partial charge < -0.3 is 4.90 Å². The zero-order valence-electron chi connectivity index (χ0n) is 12.4. The highest BCUT2D eigenvalue weighted by atomic mass is 32.2. The maximum atomic E-state index is 12.3. The average molecular weight is 292 g/mol. The van der Waals surface area contributed by atoms with Crippen molar-refractivity contribution in [1.82, 2.24) is 4.90 Å². The summed E-state index contributed by atoms with van der Waals surface area (Å²) in [5.74, 6) is 2.27. The molecule has 20 heavy (non-hydrogen) atoms. The van der Waals surface area contributed by atoms with Gasteiger partial charge in [0.05, 0.1) is 6.54 Å². The molecule has 3 nitrogen and oxygen atoms in total. The minimum atomic E-state index is 0.180. The number of piperidine rings is 1. The van der Waals surface area contributed by atoms with Crippen LogP contribution in [0, 0.1) is 5.92 Å².